The minimum Gasteiger partial charge on any atom is -0.483 e. The Morgan fingerprint density at radius 3 is 2.37 bits per heavy atom. The minimum atomic E-state index is -0.304. The summed E-state index contributed by atoms with van der Waals surface area (Å²) < 4.78 is 5.90. The molecule has 0 radical (unpaired) electrons. The smallest absolute Gasteiger partial charge is 0.260 e. The molecule has 178 valence electrons. The summed E-state index contributed by atoms with van der Waals surface area (Å²) in [6.45, 7) is 3.53. The molecular weight excluding hydrogens is 440 g/mol. The second-order valence-corrected chi connectivity index (χ2v) is 8.98. The summed E-state index contributed by atoms with van der Waals surface area (Å²) in [5.74, 6) is 0.259. The van der Waals surface area contributed by atoms with E-state index in [2.05, 4.69) is 5.32 Å². The molecule has 1 atom stereocenters. The number of amides is 2. The van der Waals surface area contributed by atoms with Gasteiger partial charge in [0.25, 0.3) is 11.8 Å². The van der Waals surface area contributed by atoms with Crippen molar-refractivity contribution in [2.45, 2.75) is 32.2 Å². The summed E-state index contributed by atoms with van der Waals surface area (Å²) in [5.41, 5.74) is 4.24. The van der Waals surface area contributed by atoms with E-state index in [0.29, 0.717) is 28.9 Å². The Balaban J connectivity index is 1.32. The summed E-state index contributed by atoms with van der Waals surface area (Å²) in [6.07, 6.45) is 2.71. The van der Waals surface area contributed by atoms with Gasteiger partial charge in [-0.15, -0.1) is 0 Å². The van der Waals surface area contributed by atoms with Crippen LogP contribution >= 0.6 is 0 Å². The average Bonchev–Trinajstić information content (AvgIpc) is 3.53. The third kappa shape index (κ3) is 4.44. The van der Waals surface area contributed by atoms with Gasteiger partial charge in [-0.05, 0) is 48.6 Å². The number of hydrogen-bond donors (Lipinski definition) is 1. The molecule has 35 heavy (non-hydrogen) atoms. The summed E-state index contributed by atoms with van der Waals surface area (Å²) in [4.78, 5) is 40.3. The fourth-order valence-electron chi connectivity index (χ4n) is 4.91. The number of ether oxygens (including phenoxy) is 1. The van der Waals surface area contributed by atoms with Crippen molar-refractivity contribution in [1.29, 1.82) is 0 Å². The summed E-state index contributed by atoms with van der Waals surface area (Å²) in [7, 11) is 0. The fraction of sp³-hybridized carbons (Fsp3) is 0.276. The van der Waals surface area contributed by atoms with E-state index in [-0.39, 0.29) is 30.2 Å². The van der Waals surface area contributed by atoms with Crippen LogP contribution in [0.2, 0.25) is 0 Å². The van der Waals surface area contributed by atoms with Crippen molar-refractivity contribution >= 4 is 17.6 Å². The molecule has 1 saturated heterocycles. The molecule has 0 aromatic heterocycles. The van der Waals surface area contributed by atoms with Crippen molar-refractivity contribution in [2.24, 2.45) is 0 Å². The number of ketones is 1. The average molecular weight is 469 g/mol. The standard InChI is InChI=1S/C29H28N2O4/c1-2-25(23-11-5-6-12-26(23)35-18-27(32)31-15-7-8-16-31)30-29(34)19-13-14-21-20-9-3-4-10-22(20)28(33)24(21)17-19/h3-6,9-14,17,25H,2,7-8,15-16,18H2,1H3,(H,30,34). The molecule has 1 aliphatic heterocycles. The van der Waals surface area contributed by atoms with Gasteiger partial charge < -0.3 is 15.0 Å². The van der Waals surface area contributed by atoms with E-state index in [1.54, 1.807) is 12.1 Å². The molecule has 1 N–H and O–H groups in total. The Morgan fingerprint density at radius 2 is 1.60 bits per heavy atom. The van der Waals surface area contributed by atoms with Gasteiger partial charge in [0.15, 0.2) is 12.4 Å². The lowest BCUT2D eigenvalue weighted by atomic mass is 10.0. The fourth-order valence-corrected chi connectivity index (χ4v) is 4.91. The van der Waals surface area contributed by atoms with Crippen LogP contribution in [0, 0.1) is 0 Å². The van der Waals surface area contributed by atoms with Crippen molar-refractivity contribution in [3.63, 3.8) is 0 Å². The number of carbonyl (C=O) groups is 3. The Morgan fingerprint density at radius 1 is 0.914 bits per heavy atom. The predicted molar refractivity (Wildman–Crippen MR) is 134 cm³/mol. The van der Waals surface area contributed by atoms with Gasteiger partial charge in [0.2, 0.25) is 0 Å². The van der Waals surface area contributed by atoms with Gasteiger partial charge >= 0.3 is 0 Å². The highest BCUT2D eigenvalue weighted by Crippen LogP contribution is 2.37. The van der Waals surface area contributed by atoms with Crippen LogP contribution in [-0.2, 0) is 4.79 Å². The quantitative estimate of drug-likeness (QED) is 0.424. The van der Waals surface area contributed by atoms with Gasteiger partial charge in [-0.3, -0.25) is 14.4 Å². The second-order valence-electron chi connectivity index (χ2n) is 8.98. The van der Waals surface area contributed by atoms with Gasteiger partial charge in [0.05, 0.1) is 6.04 Å². The molecule has 1 heterocycles. The number of carbonyl (C=O) groups excluding carboxylic acids is 3. The van der Waals surface area contributed by atoms with Gasteiger partial charge in [-0.2, -0.15) is 0 Å². The largest absolute Gasteiger partial charge is 0.483 e. The minimum absolute atomic E-state index is 0.0156. The predicted octanol–water partition coefficient (Wildman–Crippen LogP) is 4.78. The lowest BCUT2D eigenvalue weighted by Gasteiger charge is -2.22. The number of rotatable bonds is 7. The number of benzene rings is 3. The molecular formula is C29H28N2O4. The van der Waals surface area contributed by atoms with Crippen LogP contribution in [-0.4, -0.2) is 42.2 Å². The van der Waals surface area contributed by atoms with E-state index in [4.69, 9.17) is 4.74 Å². The van der Waals surface area contributed by atoms with Gasteiger partial charge in [0.1, 0.15) is 5.75 Å². The van der Waals surface area contributed by atoms with E-state index in [9.17, 15) is 14.4 Å². The van der Waals surface area contributed by atoms with E-state index < -0.39 is 0 Å². The van der Waals surface area contributed by atoms with Gasteiger partial charge in [0, 0.05) is 35.3 Å². The van der Waals surface area contributed by atoms with Crippen LogP contribution in [0.25, 0.3) is 11.1 Å². The summed E-state index contributed by atoms with van der Waals surface area (Å²) >= 11 is 0. The number of nitrogens with zero attached hydrogens (tertiary/aromatic N) is 1. The second kappa shape index (κ2) is 9.74. The number of nitrogens with one attached hydrogen (secondary N) is 1. The maximum Gasteiger partial charge on any atom is 0.260 e. The monoisotopic (exact) mass is 468 g/mol. The molecule has 0 saturated carbocycles. The third-order valence-corrected chi connectivity index (χ3v) is 6.81. The molecule has 1 fully saturated rings. The van der Waals surface area contributed by atoms with Crippen LogP contribution in [0.1, 0.15) is 64.1 Å². The van der Waals surface area contributed by atoms with Crippen LogP contribution in [0.3, 0.4) is 0 Å². The Labute approximate surface area is 204 Å². The summed E-state index contributed by atoms with van der Waals surface area (Å²) in [6, 6.07) is 20.0. The highest BCUT2D eigenvalue weighted by molar-refractivity contribution is 6.22. The maximum atomic E-state index is 13.2. The lowest BCUT2D eigenvalue weighted by Crippen LogP contribution is -2.32. The van der Waals surface area contributed by atoms with Crippen molar-refractivity contribution in [3.8, 4) is 16.9 Å². The zero-order chi connectivity index (χ0) is 24.4. The molecule has 5 rings (SSSR count). The Hall–Kier alpha value is -3.93. The van der Waals surface area contributed by atoms with E-state index in [1.807, 2.05) is 66.4 Å². The van der Waals surface area contributed by atoms with E-state index in [0.717, 1.165) is 42.6 Å². The van der Waals surface area contributed by atoms with E-state index >= 15 is 0 Å². The van der Waals surface area contributed by atoms with Crippen LogP contribution in [0.15, 0.2) is 66.7 Å². The normalized spacial score (nSPS) is 14.9. The zero-order valence-electron chi connectivity index (χ0n) is 19.8. The van der Waals surface area contributed by atoms with Gasteiger partial charge in [-0.25, -0.2) is 0 Å². The third-order valence-electron chi connectivity index (χ3n) is 6.81. The first kappa shape index (κ1) is 22.8. The molecule has 6 heteroatoms. The molecule has 0 spiro atoms. The first-order valence-corrected chi connectivity index (χ1v) is 12.2. The lowest BCUT2D eigenvalue weighted by molar-refractivity contribution is -0.132. The van der Waals surface area contributed by atoms with Crippen LogP contribution in [0.5, 0.6) is 5.75 Å². The van der Waals surface area contributed by atoms with Crippen molar-refractivity contribution in [1.82, 2.24) is 10.2 Å². The van der Waals surface area contributed by atoms with Crippen molar-refractivity contribution < 1.29 is 19.1 Å². The molecule has 2 aliphatic rings. The Kier molecular flexibility index (Phi) is 6.36. The van der Waals surface area contributed by atoms with E-state index in [1.165, 1.54) is 0 Å². The number of fused-ring (bicyclic) bond motifs is 3. The first-order valence-electron chi connectivity index (χ1n) is 12.2. The molecule has 1 unspecified atom stereocenters. The van der Waals surface area contributed by atoms with Crippen LogP contribution in [0.4, 0.5) is 0 Å². The molecule has 1 aliphatic carbocycles. The van der Waals surface area contributed by atoms with Crippen LogP contribution < -0.4 is 10.1 Å². The SMILES string of the molecule is CCC(NC(=O)c1ccc2c(c1)C(=O)c1ccccc1-2)c1ccccc1OCC(=O)N1CCCC1. The van der Waals surface area contributed by atoms with Crippen molar-refractivity contribution in [2.75, 3.05) is 19.7 Å². The molecule has 3 aromatic carbocycles. The molecule has 2 amide bonds. The van der Waals surface area contributed by atoms with Gasteiger partial charge in [-0.1, -0.05) is 55.5 Å². The number of hydrogen-bond acceptors (Lipinski definition) is 4. The highest BCUT2D eigenvalue weighted by atomic mass is 16.5. The number of likely N-dealkylation sites (tertiary alicyclic amines) is 1. The maximum absolute atomic E-state index is 13.2. The molecule has 6 nitrogen and oxygen atoms in total. The summed E-state index contributed by atoms with van der Waals surface area (Å²) in [5, 5.41) is 3.08. The highest BCUT2D eigenvalue weighted by Gasteiger charge is 2.28. The molecule has 0 bridgehead atoms. The zero-order valence-corrected chi connectivity index (χ0v) is 19.8. The Bertz CT molecular complexity index is 1290. The first-order chi connectivity index (χ1) is 17.1. The number of para-hydroxylation sites is 1. The molecule has 3 aromatic rings. The van der Waals surface area contributed by atoms with Crippen molar-refractivity contribution in [3.05, 3.63) is 89.0 Å². The topological polar surface area (TPSA) is 75.7 Å².